The van der Waals surface area contributed by atoms with Crippen molar-refractivity contribution in [2.75, 3.05) is 19.6 Å². The lowest BCUT2D eigenvalue weighted by Crippen LogP contribution is -2.49. The average molecular weight is 381 g/mol. The number of piperidine rings is 1. The lowest BCUT2D eigenvalue weighted by molar-refractivity contribution is -0.126. The number of carbonyl (C=O) groups is 1. The van der Waals surface area contributed by atoms with Crippen LogP contribution in [-0.2, 0) is 11.3 Å². The summed E-state index contributed by atoms with van der Waals surface area (Å²) in [5.41, 5.74) is 1.48. The summed E-state index contributed by atoms with van der Waals surface area (Å²) < 4.78 is 1.71. The van der Waals surface area contributed by atoms with E-state index in [2.05, 4.69) is 20.2 Å². The van der Waals surface area contributed by atoms with E-state index in [1.807, 2.05) is 12.1 Å². The van der Waals surface area contributed by atoms with Gasteiger partial charge in [0, 0.05) is 37.1 Å². The largest absolute Gasteiger partial charge is 0.355 e. The molecular formula is C21H27N5O2. The predicted octanol–water partition coefficient (Wildman–Crippen LogP) is 1.69. The standard InChI is InChI=1S/C21H27N5O2/c27-20-12-18(17-4-3-8-22-13-17)24-15-26(20)14-16-6-10-25(11-7-16)19-5-1-2-9-23-21(19)28/h3-4,8,12-13,15-16,19H,1-2,5-7,9-11,14H2,(H,23,28). The van der Waals surface area contributed by atoms with Crippen LogP contribution in [0.5, 0.6) is 0 Å². The fourth-order valence-corrected chi connectivity index (χ4v) is 4.23. The van der Waals surface area contributed by atoms with Gasteiger partial charge in [-0.15, -0.1) is 0 Å². The Hall–Kier alpha value is -2.54. The van der Waals surface area contributed by atoms with Gasteiger partial charge in [-0.1, -0.05) is 0 Å². The number of hydrogen-bond donors (Lipinski definition) is 1. The van der Waals surface area contributed by atoms with Crippen LogP contribution in [0.15, 0.2) is 41.7 Å². The molecule has 0 aliphatic carbocycles. The highest BCUT2D eigenvalue weighted by Crippen LogP contribution is 2.23. The molecule has 4 heterocycles. The number of rotatable bonds is 4. The first-order valence-corrected chi connectivity index (χ1v) is 10.2. The van der Waals surface area contributed by atoms with E-state index in [4.69, 9.17) is 0 Å². The van der Waals surface area contributed by atoms with Gasteiger partial charge in [0.15, 0.2) is 0 Å². The first-order chi connectivity index (χ1) is 13.7. The summed E-state index contributed by atoms with van der Waals surface area (Å²) >= 11 is 0. The molecule has 0 radical (unpaired) electrons. The van der Waals surface area contributed by atoms with Crippen molar-refractivity contribution in [2.24, 2.45) is 5.92 Å². The lowest BCUT2D eigenvalue weighted by atomic mass is 9.94. The van der Waals surface area contributed by atoms with E-state index < -0.39 is 0 Å². The molecule has 0 aromatic carbocycles. The van der Waals surface area contributed by atoms with Crippen molar-refractivity contribution < 1.29 is 4.79 Å². The highest BCUT2D eigenvalue weighted by Gasteiger charge is 2.30. The summed E-state index contributed by atoms with van der Waals surface area (Å²) in [5, 5.41) is 3.03. The molecule has 0 bridgehead atoms. The van der Waals surface area contributed by atoms with Crippen LogP contribution in [-0.4, -0.2) is 51.0 Å². The Balaban J connectivity index is 1.36. The molecule has 2 saturated heterocycles. The zero-order valence-corrected chi connectivity index (χ0v) is 16.1. The zero-order chi connectivity index (χ0) is 19.3. The van der Waals surface area contributed by atoms with Crippen molar-refractivity contribution in [3.63, 3.8) is 0 Å². The minimum Gasteiger partial charge on any atom is -0.355 e. The second-order valence-electron chi connectivity index (χ2n) is 7.79. The summed E-state index contributed by atoms with van der Waals surface area (Å²) in [5.74, 6) is 0.621. The topological polar surface area (TPSA) is 80.1 Å². The molecule has 7 heteroatoms. The number of aromatic nitrogens is 3. The first-order valence-electron chi connectivity index (χ1n) is 10.2. The smallest absolute Gasteiger partial charge is 0.253 e. The molecule has 4 rings (SSSR count). The van der Waals surface area contributed by atoms with E-state index in [1.54, 1.807) is 29.4 Å². The summed E-state index contributed by atoms with van der Waals surface area (Å²) in [6.07, 6.45) is 10.2. The summed E-state index contributed by atoms with van der Waals surface area (Å²) in [6, 6.07) is 5.34. The van der Waals surface area contributed by atoms with E-state index in [0.717, 1.165) is 57.3 Å². The highest BCUT2D eigenvalue weighted by molar-refractivity contribution is 5.81. The van der Waals surface area contributed by atoms with E-state index in [-0.39, 0.29) is 17.5 Å². The Labute approximate surface area is 164 Å². The Morgan fingerprint density at radius 1 is 1.14 bits per heavy atom. The summed E-state index contributed by atoms with van der Waals surface area (Å²) in [6.45, 7) is 3.32. The maximum atomic E-state index is 12.5. The monoisotopic (exact) mass is 381 g/mol. The summed E-state index contributed by atoms with van der Waals surface area (Å²) in [4.78, 5) is 35.6. The molecule has 28 heavy (non-hydrogen) atoms. The van der Waals surface area contributed by atoms with Crippen LogP contribution < -0.4 is 10.9 Å². The molecule has 1 atom stereocenters. The van der Waals surface area contributed by atoms with Crippen LogP contribution >= 0.6 is 0 Å². The normalized spacial score (nSPS) is 21.9. The second-order valence-corrected chi connectivity index (χ2v) is 7.79. The second kappa shape index (κ2) is 8.65. The molecule has 2 aliphatic rings. The minimum absolute atomic E-state index is 0.0200. The number of carbonyl (C=O) groups excluding carboxylic acids is 1. The van der Waals surface area contributed by atoms with Gasteiger partial charge in [-0.2, -0.15) is 0 Å². The first kappa shape index (κ1) is 18.8. The lowest BCUT2D eigenvalue weighted by Gasteiger charge is -2.36. The molecule has 1 amide bonds. The molecule has 2 aromatic heterocycles. The van der Waals surface area contributed by atoms with Crippen molar-refractivity contribution in [1.82, 2.24) is 24.8 Å². The van der Waals surface area contributed by atoms with Gasteiger partial charge >= 0.3 is 0 Å². The number of amides is 1. The molecule has 1 N–H and O–H groups in total. The number of nitrogens with one attached hydrogen (secondary N) is 1. The van der Waals surface area contributed by atoms with Crippen LogP contribution in [0.2, 0.25) is 0 Å². The van der Waals surface area contributed by atoms with Gasteiger partial charge in [-0.3, -0.25) is 24.0 Å². The molecule has 2 fully saturated rings. The third-order valence-corrected chi connectivity index (χ3v) is 5.89. The van der Waals surface area contributed by atoms with E-state index >= 15 is 0 Å². The predicted molar refractivity (Wildman–Crippen MR) is 107 cm³/mol. The van der Waals surface area contributed by atoms with Gasteiger partial charge in [0.05, 0.1) is 18.1 Å². The fraction of sp³-hybridized carbons (Fsp3) is 0.524. The number of nitrogens with zero attached hydrogens (tertiary/aromatic N) is 4. The van der Waals surface area contributed by atoms with Crippen LogP contribution in [0, 0.1) is 5.92 Å². The Bertz CT molecular complexity index is 859. The molecule has 0 spiro atoms. The van der Waals surface area contributed by atoms with Crippen LogP contribution in [0.1, 0.15) is 32.1 Å². The van der Waals surface area contributed by atoms with Crippen molar-refractivity contribution in [3.05, 3.63) is 47.3 Å². The van der Waals surface area contributed by atoms with Gasteiger partial charge in [0.2, 0.25) is 5.91 Å². The van der Waals surface area contributed by atoms with Crippen LogP contribution in [0.25, 0.3) is 11.3 Å². The molecule has 1 unspecified atom stereocenters. The maximum Gasteiger partial charge on any atom is 0.253 e. The minimum atomic E-state index is -0.0283. The van der Waals surface area contributed by atoms with E-state index in [9.17, 15) is 9.59 Å². The number of hydrogen-bond acceptors (Lipinski definition) is 5. The van der Waals surface area contributed by atoms with Gasteiger partial charge in [0.1, 0.15) is 0 Å². The third kappa shape index (κ3) is 4.30. The Kier molecular flexibility index (Phi) is 5.81. The van der Waals surface area contributed by atoms with Crippen molar-refractivity contribution in [2.45, 2.75) is 44.7 Å². The van der Waals surface area contributed by atoms with Crippen LogP contribution in [0.3, 0.4) is 0 Å². The maximum absolute atomic E-state index is 12.5. The Morgan fingerprint density at radius 2 is 2.00 bits per heavy atom. The van der Waals surface area contributed by atoms with Gasteiger partial charge in [-0.25, -0.2) is 4.98 Å². The molecular weight excluding hydrogens is 354 g/mol. The van der Waals surface area contributed by atoms with Gasteiger partial charge < -0.3 is 5.32 Å². The molecule has 2 aromatic rings. The highest BCUT2D eigenvalue weighted by atomic mass is 16.2. The van der Waals surface area contributed by atoms with Crippen molar-refractivity contribution >= 4 is 5.91 Å². The Morgan fingerprint density at radius 3 is 2.75 bits per heavy atom. The van der Waals surface area contributed by atoms with E-state index in [1.165, 1.54) is 0 Å². The zero-order valence-electron chi connectivity index (χ0n) is 16.1. The molecule has 148 valence electrons. The third-order valence-electron chi connectivity index (χ3n) is 5.89. The SMILES string of the molecule is O=C1NCCCCC1N1CCC(Cn2cnc(-c3cccnc3)cc2=O)CC1. The summed E-state index contributed by atoms with van der Waals surface area (Å²) in [7, 11) is 0. The van der Waals surface area contributed by atoms with Crippen molar-refractivity contribution in [1.29, 1.82) is 0 Å². The van der Waals surface area contributed by atoms with Crippen molar-refractivity contribution in [3.8, 4) is 11.3 Å². The quantitative estimate of drug-likeness (QED) is 0.872. The van der Waals surface area contributed by atoms with Gasteiger partial charge in [0.25, 0.3) is 5.56 Å². The number of likely N-dealkylation sites (tertiary alicyclic amines) is 1. The average Bonchev–Trinajstić information content (AvgIpc) is 2.95. The van der Waals surface area contributed by atoms with E-state index in [0.29, 0.717) is 18.2 Å². The number of pyridine rings is 1. The molecule has 2 aliphatic heterocycles. The van der Waals surface area contributed by atoms with Crippen LogP contribution in [0.4, 0.5) is 0 Å². The molecule has 0 saturated carbocycles. The van der Waals surface area contributed by atoms with Gasteiger partial charge in [-0.05, 0) is 63.2 Å². The molecule has 7 nitrogen and oxygen atoms in total. The fourth-order valence-electron chi connectivity index (χ4n) is 4.23.